The largest absolute Gasteiger partial charge is 0.394 e. The Morgan fingerprint density at radius 1 is 1.56 bits per heavy atom. The summed E-state index contributed by atoms with van der Waals surface area (Å²) in [7, 11) is 0. The fourth-order valence-electron chi connectivity index (χ4n) is 0.982. The smallest absolute Gasteiger partial charge is 0.185 e. The van der Waals surface area contributed by atoms with Crippen LogP contribution >= 0.6 is 22.9 Å². The molecule has 88 valence electrons. The molecule has 16 heavy (non-hydrogen) atoms. The minimum atomic E-state index is 0.0427. The van der Waals surface area contributed by atoms with Crippen LogP contribution in [0.4, 0.5) is 5.13 Å². The minimum absolute atomic E-state index is 0.0427. The molecule has 0 radical (unpaired) electrons. The number of hydrogen-bond acceptors (Lipinski definition) is 6. The minimum Gasteiger partial charge on any atom is -0.394 e. The number of aliphatic hydroxyl groups is 1. The fourth-order valence-corrected chi connectivity index (χ4v) is 1.95. The molecule has 0 fully saturated rings. The van der Waals surface area contributed by atoms with Gasteiger partial charge in [-0.2, -0.15) is 5.26 Å². The maximum Gasteiger partial charge on any atom is 0.185 e. The van der Waals surface area contributed by atoms with Crippen molar-refractivity contribution in [2.24, 2.45) is 0 Å². The molecule has 5 nitrogen and oxygen atoms in total. The van der Waals surface area contributed by atoms with Gasteiger partial charge in [-0.05, 0) is 6.42 Å². The predicted octanol–water partition coefficient (Wildman–Crippen LogP) is 1.48. The lowest BCUT2D eigenvalue weighted by molar-refractivity contribution is 0.0922. The molecule has 0 aliphatic rings. The molecule has 7 heteroatoms. The number of halogens is 1. The molecule has 0 unspecified atom stereocenters. The summed E-state index contributed by atoms with van der Waals surface area (Å²) in [5.41, 5.74) is 0. The SMILES string of the molecule is N#Cc1sc(NCCCOCCO)nc1Cl. The van der Waals surface area contributed by atoms with E-state index in [1.54, 1.807) is 0 Å². The Balaban J connectivity index is 2.20. The average Bonchev–Trinajstić information content (AvgIpc) is 2.64. The Bertz CT molecular complexity index is 364. The number of anilines is 1. The Morgan fingerprint density at radius 3 is 3.00 bits per heavy atom. The summed E-state index contributed by atoms with van der Waals surface area (Å²) in [6.45, 7) is 1.68. The van der Waals surface area contributed by atoms with E-state index in [-0.39, 0.29) is 11.8 Å². The Kier molecular flexibility index (Phi) is 6.11. The maximum absolute atomic E-state index is 8.66. The molecule has 2 N–H and O–H groups in total. The van der Waals surface area contributed by atoms with Gasteiger partial charge in [0.2, 0.25) is 0 Å². The molecule has 0 aliphatic heterocycles. The third-order valence-electron chi connectivity index (χ3n) is 1.66. The zero-order chi connectivity index (χ0) is 11.8. The molecule has 0 atom stereocenters. The quantitative estimate of drug-likeness (QED) is 0.727. The summed E-state index contributed by atoms with van der Waals surface area (Å²) in [4.78, 5) is 4.40. The van der Waals surface area contributed by atoms with Crippen LogP contribution in [0.1, 0.15) is 11.3 Å². The van der Waals surface area contributed by atoms with Gasteiger partial charge in [-0.3, -0.25) is 0 Å². The molecule has 0 aliphatic carbocycles. The lowest BCUT2D eigenvalue weighted by Crippen LogP contribution is -2.07. The molecular formula is C9H12ClN3O2S. The highest BCUT2D eigenvalue weighted by Gasteiger charge is 2.07. The Labute approximate surface area is 103 Å². The lowest BCUT2D eigenvalue weighted by Gasteiger charge is -2.02. The molecule has 0 bridgehead atoms. The number of thiazole rings is 1. The zero-order valence-corrected chi connectivity index (χ0v) is 10.1. The molecule has 0 amide bonds. The van der Waals surface area contributed by atoms with Gasteiger partial charge in [0, 0.05) is 13.2 Å². The second-order valence-electron chi connectivity index (χ2n) is 2.87. The molecule has 1 aromatic heterocycles. The van der Waals surface area contributed by atoms with Crippen LogP contribution in [0.25, 0.3) is 0 Å². The normalized spacial score (nSPS) is 10.1. The first kappa shape index (κ1) is 13.2. The van der Waals surface area contributed by atoms with Crippen LogP contribution in [0.3, 0.4) is 0 Å². The first-order chi connectivity index (χ1) is 7.77. The van der Waals surface area contributed by atoms with Gasteiger partial charge in [0.1, 0.15) is 10.9 Å². The summed E-state index contributed by atoms with van der Waals surface area (Å²) in [5.74, 6) is 0. The van der Waals surface area contributed by atoms with E-state index >= 15 is 0 Å². The number of hydrogen-bond donors (Lipinski definition) is 2. The molecular weight excluding hydrogens is 250 g/mol. The molecule has 1 rings (SSSR count). The molecule has 0 spiro atoms. The van der Waals surface area contributed by atoms with Crippen molar-refractivity contribution in [2.45, 2.75) is 6.42 Å². The van der Waals surface area contributed by atoms with Crippen molar-refractivity contribution in [3.8, 4) is 6.07 Å². The monoisotopic (exact) mass is 261 g/mol. The van der Waals surface area contributed by atoms with Crippen molar-refractivity contribution in [2.75, 3.05) is 31.7 Å². The van der Waals surface area contributed by atoms with Crippen LogP contribution in [0, 0.1) is 11.3 Å². The van der Waals surface area contributed by atoms with E-state index in [1.807, 2.05) is 6.07 Å². The van der Waals surface area contributed by atoms with E-state index in [0.717, 1.165) is 6.42 Å². The van der Waals surface area contributed by atoms with Crippen LogP contribution in [0.15, 0.2) is 0 Å². The number of aliphatic hydroxyl groups excluding tert-OH is 1. The number of rotatable bonds is 7. The first-order valence-corrected chi connectivity index (χ1v) is 5.96. The van der Waals surface area contributed by atoms with Gasteiger partial charge in [-0.25, -0.2) is 4.98 Å². The number of ether oxygens (including phenoxy) is 1. The lowest BCUT2D eigenvalue weighted by atomic mass is 10.4. The number of aromatic nitrogens is 1. The maximum atomic E-state index is 8.66. The number of nitrogens with one attached hydrogen (secondary N) is 1. The first-order valence-electron chi connectivity index (χ1n) is 4.77. The van der Waals surface area contributed by atoms with Crippen molar-refractivity contribution >= 4 is 28.1 Å². The van der Waals surface area contributed by atoms with E-state index in [0.29, 0.717) is 29.8 Å². The van der Waals surface area contributed by atoms with Crippen molar-refractivity contribution < 1.29 is 9.84 Å². The van der Waals surface area contributed by atoms with Crippen LogP contribution < -0.4 is 5.32 Å². The van der Waals surface area contributed by atoms with E-state index in [9.17, 15) is 0 Å². The van der Waals surface area contributed by atoms with E-state index < -0.39 is 0 Å². The Morgan fingerprint density at radius 2 is 2.38 bits per heavy atom. The van der Waals surface area contributed by atoms with Gasteiger partial charge in [-0.15, -0.1) is 0 Å². The number of nitriles is 1. The summed E-state index contributed by atoms with van der Waals surface area (Å²) >= 11 is 6.94. The molecule has 1 aromatic rings. The van der Waals surface area contributed by atoms with Crippen LogP contribution in [-0.2, 0) is 4.74 Å². The third kappa shape index (κ3) is 4.33. The summed E-state index contributed by atoms with van der Waals surface area (Å²) in [6.07, 6.45) is 0.805. The van der Waals surface area contributed by atoms with Gasteiger partial charge >= 0.3 is 0 Å². The Hall–Kier alpha value is -0.870. The highest BCUT2D eigenvalue weighted by molar-refractivity contribution is 7.16. The van der Waals surface area contributed by atoms with Crippen LogP contribution in [0.5, 0.6) is 0 Å². The average molecular weight is 262 g/mol. The summed E-state index contributed by atoms with van der Waals surface area (Å²) < 4.78 is 5.09. The van der Waals surface area contributed by atoms with Crippen molar-refractivity contribution in [3.63, 3.8) is 0 Å². The molecule has 0 aromatic carbocycles. The third-order valence-corrected chi connectivity index (χ3v) is 2.97. The van der Waals surface area contributed by atoms with Crippen molar-refractivity contribution in [1.29, 1.82) is 5.26 Å². The van der Waals surface area contributed by atoms with Gasteiger partial charge in [0.05, 0.1) is 13.2 Å². The second kappa shape index (κ2) is 7.41. The van der Waals surface area contributed by atoms with Gasteiger partial charge in [-0.1, -0.05) is 22.9 Å². The summed E-state index contributed by atoms with van der Waals surface area (Å²) in [6, 6.07) is 1.97. The zero-order valence-electron chi connectivity index (χ0n) is 8.57. The number of nitrogens with zero attached hydrogens (tertiary/aromatic N) is 2. The highest BCUT2D eigenvalue weighted by Crippen LogP contribution is 2.25. The van der Waals surface area contributed by atoms with E-state index in [4.69, 9.17) is 26.7 Å². The van der Waals surface area contributed by atoms with E-state index in [1.165, 1.54) is 11.3 Å². The highest BCUT2D eigenvalue weighted by atomic mass is 35.5. The van der Waals surface area contributed by atoms with Crippen LogP contribution in [0.2, 0.25) is 5.15 Å². The topological polar surface area (TPSA) is 78.2 Å². The predicted molar refractivity (Wildman–Crippen MR) is 62.9 cm³/mol. The standard InChI is InChI=1S/C9H12ClN3O2S/c10-8-7(6-11)16-9(13-8)12-2-1-4-15-5-3-14/h14H,1-5H2,(H,12,13). The van der Waals surface area contributed by atoms with Crippen molar-refractivity contribution in [3.05, 3.63) is 10.0 Å². The molecule has 1 heterocycles. The molecule has 0 saturated carbocycles. The summed E-state index contributed by atoms with van der Waals surface area (Å²) in [5, 5.41) is 21.1. The second-order valence-corrected chi connectivity index (χ2v) is 4.22. The van der Waals surface area contributed by atoms with Gasteiger partial charge < -0.3 is 15.2 Å². The fraction of sp³-hybridized carbons (Fsp3) is 0.556. The van der Waals surface area contributed by atoms with E-state index in [2.05, 4.69) is 10.3 Å². The van der Waals surface area contributed by atoms with Crippen LogP contribution in [-0.4, -0.2) is 36.5 Å². The molecule has 0 saturated heterocycles. The van der Waals surface area contributed by atoms with Crippen molar-refractivity contribution in [1.82, 2.24) is 4.98 Å². The van der Waals surface area contributed by atoms with Gasteiger partial charge in [0.15, 0.2) is 10.3 Å². The van der Waals surface area contributed by atoms with Gasteiger partial charge in [0.25, 0.3) is 0 Å².